The standard InChI is InChI=1S/C16H18Si/c1-17(2,16-11-7-4-8-12-16)14-13-15-9-5-3-6-10-15/h3-14H,1-2H3/b14-13+/i13D. The minimum Gasteiger partial charge on any atom is -0.0897 e. The largest absolute Gasteiger partial charge is 0.104 e. The van der Waals surface area contributed by atoms with Crippen LogP contribution in [0.5, 0.6) is 0 Å². The van der Waals surface area contributed by atoms with E-state index in [0.29, 0.717) is 6.05 Å². The van der Waals surface area contributed by atoms with E-state index >= 15 is 0 Å². The normalized spacial score (nSPS) is 13.3. The molecule has 0 nitrogen and oxygen atoms in total. The zero-order valence-electron chi connectivity index (χ0n) is 11.4. The number of rotatable bonds is 3. The second-order valence-corrected chi connectivity index (χ2v) is 9.05. The van der Waals surface area contributed by atoms with Crippen LogP contribution in [-0.2, 0) is 0 Å². The molecule has 0 saturated carbocycles. The Morgan fingerprint density at radius 2 is 1.41 bits per heavy atom. The van der Waals surface area contributed by atoms with Gasteiger partial charge in [-0.2, -0.15) is 0 Å². The van der Waals surface area contributed by atoms with Gasteiger partial charge < -0.3 is 0 Å². The predicted molar refractivity (Wildman–Crippen MR) is 79.0 cm³/mol. The van der Waals surface area contributed by atoms with Crippen LogP contribution >= 0.6 is 0 Å². The quantitative estimate of drug-likeness (QED) is 0.714. The van der Waals surface area contributed by atoms with Crippen LogP contribution in [0.3, 0.4) is 0 Å². The predicted octanol–water partition coefficient (Wildman–Crippen LogP) is 3.85. The smallest absolute Gasteiger partial charge is 0.0897 e. The first kappa shape index (κ1) is 10.5. The highest BCUT2D eigenvalue weighted by Crippen LogP contribution is 2.09. The summed E-state index contributed by atoms with van der Waals surface area (Å²) in [6, 6.07) is 21.1. The lowest BCUT2D eigenvalue weighted by atomic mass is 10.2. The van der Waals surface area contributed by atoms with Crippen LogP contribution in [0.25, 0.3) is 6.05 Å². The van der Waals surface area contributed by atoms with Crippen LogP contribution in [0.1, 0.15) is 6.93 Å². The molecular weight excluding hydrogens is 220 g/mol. The van der Waals surface area contributed by atoms with Crippen LogP contribution in [0, 0.1) is 0 Å². The Bertz CT molecular complexity index is 530. The van der Waals surface area contributed by atoms with E-state index in [1.54, 1.807) is 0 Å². The Balaban J connectivity index is 2.32. The second kappa shape index (κ2) is 5.15. The van der Waals surface area contributed by atoms with E-state index in [1.165, 1.54) is 5.19 Å². The molecule has 0 aliphatic heterocycles. The first-order valence-corrected chi connectivity index (χ1v) is 8.98. The van der Waals surface area contributed by atoms with Crippen molar-refractivity contribution in [2.75, 3.05) is 0 Å². The molecule has 0 heterocycles. The van der Waals surface area contributed by atoms with Gasteiger partial charge in [0.15, 0.2) is 0 Å². The van der Waals surface area contributed by atoms with E-state index in [9.17, 15) is 0 Å². The lowest BCUT2D eigenvalue weighted by molar-refractivity contribution is 1.66. The molecular formula is C16H18Si. The zero-order valence-corrected chi connectivity index (χ0v) is 11.4. The molecule has 0 atom stereocenters. The molecule has 0 spiro atoms. The van der Waals surface area contributed by atoms with Crippen molar-refractivity contribution in [2.45, 2.75) is 13.1 Å². The molecule has 0 amide bonds. The monoisotopic (exact) mass is 239 g/mol. The number of benzene rings is 2. The third-order valence-corrected chi connectivity index (χ3v) is 5.58. The first-order chi connectivity index (χ1) is 8.59. The van der Waals surface area contributed by atoms with E-state index in [0.717, 1.165) is 5.56 Å². The van der Waals surface area contributed by atoms with Crippen molar-refractivity contribution in [2.24, 2.45) is 0 Å². The topological polar surface area (TPSA) is 0 Å². The molecule has 0 bridgehead atoms. The van der Waals surface area contributed by atoms with Gasteiger partial charge in [-0.05, 0) is 5.56 Å². The molecule has 0 saturated heterocycles. The van der Waals surface area contributed by atoms with Crippen molar-refractivity contribution in [3.05, 3.63) is 71.9 Å². The van der Waals surface area contributed by atoms with Crippen molar-refractivity contribution < 1.29 is 1.37 Å². The van der Waals surface area contributed by atoms with Crippen molar-refractivity contribution in [1.82, 2.24) is 0 Å². The number of hydrogen-bond donors (Lipinski definition) is 0. The molecule has 86 valence electrons. The minimum atomic E-state index is -1.67. The lowest BCUT2D eigenvalue weighted by Crippen LogP contribution is -2.39. The summed E-state index contributed by atoms with van der Waals surface area (Å²) in [5, 5.41) is 1.37. The van der Waals surface area contributed by atoms with Crippen molar-refractivity contribution in [1.29, 1.82) is 0 Å². The van der Waals surface area contributed by atoms with E-state index in [2.05, 4.69) is 43.1 Å². The van der Waals surface area contributed by atoms with Gasteiger partial charge in [-0.1, -0.05) is 90.7 Å². The van der Waals surface area contributed by atoms with E-state index < -0.39 is 8.07 Å². The van der Waals surface area contributed by atoms with Gasteiger partial charge in [-0.15, -0.1) is 0 Å². The average molecular weight is 239 g/mol. The third kappa shape index (κ3) is 3.18. The molecule has 0 aromatic heterocycles. The molecule has 0 fully saturated rings. The fraction of sp³-hybridized carbons (Fsp3) is 0.125. The van der Waals surface area contributed by atoms with Gasteiger partial charge in [0, 0.05) is 0 Å². The molecule has 2 aromatic carbocycles. The van der Waals surface area contributed by atoms with Gasteiger partial charge in [0.25, 0.3) is 0 Å². The summed E-state index contributed by atoms with van der Waals surface area (Å²) >= 11 is 0. The highest BCUT2D eigenvalue weighted by Gasteiger charge is 2.18. The van der Waals surface area contributed by atoms with Crippen LogP contribution in [0.2, 0.25) is 13.1 Å². The molecule has 0 unspecified atom stereocenters. The fourth-order valence-electron chi connectivity index (χ4n) is 1.75. The van der Waals surface area contributed by atoms with E-state index in [4.69, 9.17) is 1.37 Å². The molecule has 0 aliphatic rings. The van der Waals surface area contributed by atoms with Gasteiger partial charge in [0.1, 0.15) is 8.07 Å². The minimum absolute atomic E-state index is 0.635. The summed E-state index contributed by atoms with van der Waals surface area (Å²) in [7, 11) is -1.67. The average Bonchev–Trinajstić information content (AvgIpc) is 2.40. The Morgan fingerprint density at radius 1 is 0.882 bits per heavy atom. The van der Waals surface area contributed by atoms with Crippen molar-refractivity contribution >= 4 is 19.3 Å². The van der Waals surface area contributed by atoms with E-state index in [1.807, 2.05) is 36.4 Å². The molecule has 0 aliphatic carbocycles. The maximum Gasteiger partial charge on any atom is 0.104 e. The van der Waals surface area contributed by atoms with Crippen LogP contribution in [-0.4, -0.2) is 8.07 Å². The molecule has 17 heavy (non-hydrogen) atoms. The summed E-state index contributed by atoms with van der Waals surface area (Å²) in [4.78, 5) is 0. The molecule has 2 aromatic rings. The maximum atomic E-state index is 8.21. The Morgan fingerprint density at radius 3 is 2.00 bits per heavy atom. The highest BCUT2D eigenvalue weighted by atomic mass is 28.3. The zero-order chi connectivity index (χ0) is 13.0. The summed E-state index contributed by atoms with van der Waals surface area (Å²) in [5.74, 6) is 0. The number of hydrogen-bond acceptors (Lipinski definition) is 0. The lowest BCUT2D eigenvalue weighted by Gasteiger charge is -2.18. The van der Waals surface area contributed by atoms with E-state index in [-0.39, 0.29) is 0 Å². The third-order valence-electron chi connectivity index (χ3n) is 2.89. The van der Waals surface area contributed by atoms with Gasteiger partial charge in [-0.3, -0.25) is 0 Å². The van der Waals surface area contributed by atoms with Gasteiger partial charge in [-0.25, -0.2) is 0 Å². The van der Waals surface area contributed by atoms with Crippen LogP contribution in [0.4, 0.5) is 0 Å². The first-order valence-electron chi connectivity index (χ1n) is 6.40. The van der Waals surface area contributed by atoms with Crippen LogP contribution in [0.15, 0.2) is 66.4 Å². The summed E-state index contributed by atoms with van der Waals surface area (Å²) in [6.07, 6.45) is 0. The summed E-state index contributed by atoms with van der Waals surface area (Å²) < 4.78 is 8.21. The van der Waals surface area contributed by atoms with Gasteiger partial charge in [0.05, 0.1) is 1.37 Å². The SMILES string of the molecule is [2H]/C(=C\[Si](C)(C)c1ccccc1)c1ccccc1. The van der Waals surface area contributed by atoms with Crippen molar-refractivity contribution in [3.63, 3.8) is 0 Å². The summed E-state index contributed by atoms with van der Waals surface area (Å²) in [6.45, 7) is 4.56. The molecule has 1 heteroatoms. The second-order valence-electron chi connectivity index (χ2n) is 4.74. The van der Waals surface area contributed by atoms with Gasteiger partial charge >= 0.3 is 0 Å². The Hall–Kier alpha value is -1.60. The van der Waals surface area contributed by atoms with Crippen molar-refractivity contribution in [3.8, 4) is 0 Å². The highest BCUT2D eigenvalue weighted by molar-refractivity contribution is 6.94. The van der Waals surface area contributed by atoms with Crippen LogP contribution < -0.4 is 5.19 Å². The maximum absolute atomic E-state index is 8.21. The Kier molecular flexibility index (Phi) is 3.20. The molecule has 2 rings (SSSR count). The molecule has 0 N–H and O–H groups in total. The Labute approximate surface area is 106 Å². The summed E-state index contributed by atoms with van der Waals surface area (Å²) in [5.41, 5.74) is 3.14. The molecule has 0 radical (unpaired) electrons. The van der Waals surface area contributed by atoms with Gasteiger partial charge in [0.2, 0.25) is 0 Å². The fourth-order valence-corrected chi connectivity index (χ4v) is 3.49.